The lowest BCUT2D eigenvalue weighted by molar-refractivity contribution is -0.119. The van der Waals surface area contributed by atoms with Crippen LogP contribution in [0.2, 0.25) is 0 Å². The minimum Gasteiger partial charge on any atom is -0.478 e. The third-order valence-corrected chi connectivity index (χ3v) is 2.11. The van der Waals surface area contributed by atoms with E-state index in [1.54, 1.807) is 0 Å². The lowest BCUT2D eigenvalue weighted by Crippen LogP contribution is -2.30. The van der Waals surface area contributed by atoms with Gasteiger partial charge in [-0.15, -0.1) is 0 Å². The van der Waals surface area contributed by atoms with E-state index < -0.39 is 17.3 Å². The van der Waals surface area contributed by atoms with Gasteiger partial charge in [0.1, 0.15) is 5.56 Å². The van der Waals surface area contributed by atoms with Crippen molar-refractivity contribution in [2.24, 2.45) is 0 Å². The summed E-state index contributed by atoms with van der Waals surface area (Å²) in [5, 5.41) is 13.8. The second-order valence-electron chi connectivity index (χ2n) is 3.53. The van der Waals surface area contributed by atoms with Crippen molar-refractivity contribution in [1.29, 1.82) is 0 Å². The average Bonchev–Trinajstić information content (AvgIpc) is 2.34. The van der Waals surface area contributed by atoms with Crippen molar-refractivity contribution in [2.45, 2.75) is 13.3 Å². The fourth-order valence-electron chi connectivity index (χ4n) is 1.22. The molecule has 7 heteroatoms. The van der Waals surface area contributed by atoms with Crippen LogP contribution in [0.15, 0.2) is 12.3 Å². The van der Waals surface area contributed by atoms with Crippen molar-refractivity contribution in [3.8, 4) is 0 Å². The zero-order valence-corrected chi connectivity index (χ0v) is 9.86. The second-order valence-corrected chi connectivity index (χ2v) is 3.53. The summed E-state index contributed by atoms with van der Waals surface area (Å²) in [6, 6.07) is 1.06. The smallest absolute Gasteiger partial charge is 0.338 e. The summed E-state index contributed by atoms with van der Waals surface area (Å²) in [4.78, 5) is 25.6. The van der Waals surface area contributed by atoms with Gasteiger partial charge in [-0.05, 0) is 12.5 Å². The number of carbonyl (C=O) groups excluding carboxylic acids is 1. The molecule has 0 radical (unpaired) electrons. The predicted octanol–water partition coefficient (Wildman–Crippen LogP) is 0.857. The number of nitrogens with one attached hydrogen (secondary N) is 2. The Bertz CT molecular complexity index is 451. The Morgan fingerprint density at radius 3 is 2.83 bits per heavy atom. The largest absolute Gasteiger partial charge is 0.478 e. The quantitative estimate of drug-likeness (QED) is 0.701. The number of hydrogen-bond acceptors (Lipinski definition) is 4. The number of nitrogens with zero attached hydrogens (tertiary/aromatic N) is 1. The zero-order chi connectivity index (χ0) is 13.5. The van der Waals surface area contributed by atoms with Crippen molar-refractivity contribution in [2.75, 3.05) is 18.4 Å². The lowest BCUT2D eigenvalue weighted by Gasteiger charge is -2.08. The highest BCUT2D eigenvalue weighted by molar-refractivity contribution is 5.89. The van der Waals surface area contributed by atoms with Gasteiger partial charge in [0.15, 0.2) is 11.6 Å². The summed E-state index contributed by atoms with van der Waals surface area (Å²) in [5.41, 5.74) is -0.485. The van der Waals surface area contributed by atoms with Crippen molar-refractivity contribution < 1.29 is 19.1 Å². The predicted molar refractivity (Wildman–Crippen MR) is 62.9 cm³/mol. The molecule has 1 amide bonds. The summed E-state index contributed by atoms with van der Waals surface area (Å²) < 4.78 is 13.6. The number of amides is 1. The third-order valence-electron chi connectivity index (χ3n) is 2.11. The number of aromatic carboxylic acids is 1. The molecule has 1 aromatic heterocycles. The van der Waals surface area contributed by atoms with Crippen LogP contribution in [-0.4, -0.2) is 35.1 Å². The van der Waals surface area contributed by atoms with Gasteiger partial charge in [-0.25, -0.2) is 14.2 Å². The number of anilines is 1. The van der Waals surface area contributed by atoms with Crippen LogP contribution < -0.4 is 10.6 Å². The Morgan fingerprint density at radius 1 is 1.50 bits per heavy atom. The number of carboxylic acids is 1. The van der Waals surface area contributed by atoms with Crippen LogP contribution >= 0.6 is 0 Å². The van der Waals surface area contributed by atoms with Gasteiger partial charge in [0.05, 0.1) is 6.54 Å². The number of rotatable bonds is 6. The minimum atomic E-state index is -1.38. The lowest BCUT2D eigenvalue weighted by atomic mass is 10.2. The Hall–Kier alpha value is -2.18. The fourth-order valence-corrected chi connectivity index (χ4v) is 1.22. The average molecular weight is 255 g/mol. The Kier molecular flexibility index (Phi) is 5.04. The molecule has 0 aliphatic rings. The first kappa shape index (κ1) is 13.9. The standard InChI is InChI=1S/C11H14FN3O3/c1-2-4-13-8(16)6-15-10-9(12)7(11(17)18)3-5-14-10/h3,5H,2,4,6H2,1H3,(H,13,16)(H,14,15)(H,17,18). The minimum absolute atomic E-state index is 0.160. The van der Waals surface area contributed by atoms with Crippen molar-refractivity contribution >= 4 is 17.7 Å². The van der Waals surface area contributed by atoms with E-state index in [0.29, 0.717) is 6.54 Å². The van der Waals surface area contributed by atoms with E-state index in [2.05, 4.69) is 15.6 Å². The molecule has 0 saturated heterocycles. The molecule has 1 rings (SSSR count). The topological polar surface area (TPSA) is 91.3 Å². The fraction of sp³-hybridized carbons (Fsp3) is 0.364. The van der Waals surface area contributed by atoms with Gasteiger partial charge >= 0.3 is 5.97 Å². The van der Waals surface area contributed by atoms with E-state index in [9.17, 15) is 14.0 Å². The maximum absolute atomic E-state index is 13.6. The number of carbonyl (C=O) groups is 2. The molecule has 0 atom stereocenters. The van der Waals surface area contributed by atoms with Gasteiger partial charge in [-0.2, -0.15) is 0 Å². The van der Waals surface area contributed by atoms with Crippen LogP contribution in [-0.2, 0) is 4.79 Å². The first-order chi connectivity index (χ1) is 8.56. The molecule has 1 heterocycles. The first-order valence-electron chi connectivity index (χ1n) is 5.44. The van der Waals surface area contributed by atoms with E-state index in [-0.39, 0.29) is 18.3 Å². The molecule has 0 aliphatic carbocycles. The van der Waals surface area contributed by atoms with Crippen LogP contribution in [0, 0.1) is 5.82 Å². The zero-order valence-electron chi connectivity index (χ0n) is 9.86. The van der Waals surface area contributed by atoms with Crippen molar-refractivity contribution in [3.05, 3.63) is 23.6 Å². The molecule has 0 aromatic carbocycles. The molecule has 0 bridgehead atoms. The highest BCUT2D eigenvalue weighted by Crippen LogP contribution is 2.14. The molecule has 18 heavy (non-hydrogen) atoms. The van der Waals surface area contributed by atoms with Gasteiger partial charge in [-0.3, -0.25) is 4.79 Å². The van der Waals surface area contributed by atoms with E-state index in [1.807, 2.05) is 6.92 Å². The van der Waals surface area contributed by atoms with Crippen LogP contribution in [0.25, 0.3) is 0 Å². The molecule has 0 aliphatic heterocycles. The molecule has 0 fully saturated rings. The molecule has 0 saturated carbocycles. The number of carboxylic acid groups (broad SMARTS) is 1. The number of pyridine rings is 1. The Labute approximate surface area is 103 Å². The van der Waals surface area contributed by atoms with E-state index in [4.69, 9.17) is 5.11 Å². The molecule has 6 nitrogen and oxygen atoms in total. The van der Waals surface area contributed by atoms with Gasteiger partial charge in [0.25, 0.3) is 0 Å². The summed E-state index contributed by atoms with van der Waals surface area (Å²) >= 11 is 0. The summed E-state index contributed by atoms with van der Waals surface area (Å²) in [6.45, 7) is 2.28. The van der Waals surface area contributed by atoms with Gasteiger partial charge in [0.2, 0.25) is 5.91 Å². The highest BCUT2D eigenvalue weighted by Gasteiger charge is 2.15. The number of hydrogen-bond donors (Lipinski definition) is 3. The van der Waals surface area contributed by atoms with Gasteiger partial charge in [-0.1, -0.05) is 6.92 Å². The number of aromatic nitrogens is 1. The third kappa shape index (κ3) is 3.69. The molecular weight excluding hydrogens is 241 g/mol. The molecule has 98 valence electrons. The molecular formula is C11H14FN3O3. The van der Waals surface area contributed by atoms with Gasteiger partial charge in [0, 0.05) is 12.7 Å². The molecule has 0 spiro atoms. The van der Waals surface area contributed by atoms with Crippen LogP contribution in [0.1, 0.15) is 23.7 Å². The SMILES string of the molecule is CCCNC(=O)CNc1nccc(C(=O)O)c1F. The van der Waals surface area contributed by atoms with Crippen molar-refractivity contribution in [3.63, 3.8) is 0 Å². The summed E-state index contributed by atoms with van der Waals surface area (Å²) in [5.74, 6) is -2.91. The monoisotopic (exact) mass is 255 g/mol. The van der Waals surface area contributed by atoms with E-state index in [1.165, 1.54) is 6.20 Å². The Balaban J connectivity index is 2.65. The van der Waals surface area contributed by atoms with Crippen LogP contribution in [0.3, 0.4) is 0 Å². The first-order valence-corrected chi connectivity index (χ1v) is 5.44. The summed E-state index contributed by atoms with van der Waals surface area (Å²) in [7, 11) is 0. The molecule has 1 aromatic rings. The molecule has 0 unspecified atom stereocenters. The maximum atomic E-state index is 13.6. The maximum Gasteiger partial charge on any atom is 0.338 e. The van der Waals surface area contributed by atoms with Crippen molar-refractivity contribution in [1.82, 2.24) is 10.3 Å². The van der Waals surface area contributed by atoms with E-state index in [0.717, 1.165) is 12.5 Å². The van der Waals surface area contributed by atoms with E-state index >= 15 is 0 Å². The van der Waals surface area contributed by atoms with Crippen LogP contribution in [0.4, 0.5) is 10.2 Å². The van der Waals surface area contributed by atoms with Crippen LogP contribution in [0.5, 0.6) is 0 Å². The number of halogens is 1. The Morgan fingerprint density at radius 2 is 2.22 bits per heavy atom. The second kappa shape index (κ2) is 6.53. The molecule has 3 N–H and O–H groups in total. The summed E-state index contributed by atoms with van der Waals surface area (Å²) in [6.07, 6.45) is 1.96. The normalized spacial score (nSPS) is 9.89. The van der Waals surface area contributed by atoms with Gasteiger partial charge < -0.3 is 15.7 Å². The highest BCUT2D eigenvalue weighted by atomic mass is 19.1.